The second-order valence-corrected chi connectivity index (χ2v) is 19.2. The molecule has 26 heteroatoms. The quantitative estimate of drug-likeness (QED) is 0.119. The van der Waals surface area contributed by atoms with Gasteiger partial charge in [-0.2, -0.15) is 0 Å². The molecule has 2 saturated heterocycles. The van der Waals surface area contributed by atoms with Crippen LogP contribution in [-0.2, 0) is 42.6 Å². The number of carbonyl (C=O) groups is 2. The molecule has 22 nitrogen and oxygen atoms in total. The number of hydrogen-bond acceptors (Lipinski definition) is 21. The molecular weight excluding hydrogens is 957 g/mol. The van der Waals surface area contributed by atoms with E-state index >= 15 is 0 Å². The molecule has 0 unspecified atom stereocenters. The number of aliphatic carboxylic acids is 2. The molecule has 0 bridgehead atoms. The number of carboxylic acids is 2. The first-order valence-electron chi connectivity index (χ1n) is 19.7. The van der Waals surface area contributed by atoms with Crippen molar-refractivity contribution in [1.82, 2.24) is 42.5 Å². The molecule has 2 aliphatic heterocycles. The van der Waals surface area contributed by atoms with Crippen molar-refractivity contribution in [3.05, 3.63) is 0 Å². The van der Waals surface area contributed by atoms with Crippen molar-refractivity contribution in [2.45, 2.75) is 168 Å². The van der Waals surface area contributed by atoms with Crippen molar-refractivity contribution in [3.63, 3.8) is 0 Å². The Morgan fingerprint density at radius 2 is 0.677 bits per heavy atom. The first kappa shape index (κ1) is 73.4. The molecule has 5 atom stereocenters. The summed E-state index contributed by atoms with van der Waals surface area (Å²) in [5.41, 5.74) is 0.755. The standard InChI is InChI=1S/2C16H36N4.C4H6O5.2ClHO4.2Ni.H2O/c2*1-13-11-15(3,4)19-10-8-18-14(2)12-16(5,6)20-9-7-17-13;5-2(4(8)9)1-3(6)7;2*2-1(3,4)5;;;/h2*13-14,17-20H,7-12H2,1-6H3;2,5H,1H2,(H,6,7)(H,8,9);2*(H,2,3,4,5);;;1H2/q;;;;;2*+2;/p-4/t2*13-,14-;2-;;;;;/m100...../s1. The van der Waals surface area contributed by atoms with Crippen LogP contribution in [0.4, 0.5) is 0 Å². The van der Waals surface area contributed by atoms with Crippen LogP contribution in [0.3, 0.4) is 0 Å². The summed E-state index contributed by atoms with van der Waals surface area (Å²) in [6.07, 6.45) is 1.69. The minimum absolute atomic E-state index is 0. The molecule has 2 heterocycles. The van der Waals surface area contributed by atoms with Gasteiger partial charge in [0, 0.05) is 111 Å². The molecule has 2 aliphatic rings. The van der Waals surface area contributed by atoms with E-state index in [1.807, 2.05) is 0 Å². The average molecular weight is 1040 g/mol. The van der Waals surface area contributed by atoms with E-state index in [-0.39, 0.29) is 60.6 Å². The minimum Gasteiger partial charge on any atom is -0.550 e. The SMILES string of the molecule is C[C@@H]1CC(C)(C)NCCN[C@H](C)CC(C)(C)NCCN1.C[C@H]1CC(C)(C)NCCN[C@@H](C)CC(C)(C)NCCN1.O.O=C([O-])C[C@H](O)C(=O)[O-].[Ni+2].[Ni+2].[O-][Cl+3]([O-])([O-])[O-].[O-][Cl+3]([O-])([O-])[O-]. The molecule has 380 valence electrons. The van der Waals surface area contributed by atoms with Crippen LogP contribution in [0.2, 0.25) is 0 Å². The van der Waals surface area contributed by atoms with Gasteiger partial charge < -0.3 is 72.9 Å². The summed E-state index contributed by atoms with van der Waals surface area (Å²) in [6, 6.07) is 2.16. The van der Waals surface area contributed by atoms with Crippen LogP contribution in [0.15, 0.2) is 0 Å². The molecule has 0 spiro atoms. The molecule has 0 radical (unpaired) electrons. The minimum atomic E-state index is -4.94. The van der Waals surface area contributed by atoms with Crippen molar-refractivity contribution in [3.8, 4) is 0 Å². The number of carboxylic acid groups (broad SMARTS) is 2. The van der Waals surface area contributed by atoms with Crippen molar-refractivity contribution < 1.29 is 121 Å². The average Bonchev–Trinajstić information content (AvgIpc) is 2.99. The Labute approximate surface area is 393 Å². The third kappa shape index (κ3) is 57.8. The van der Waals surface area contributed by atoms with E-state index in [1.165, 1.54) is 0 Å². The van der Waals surface area contributed by atoms with Gasteiger partial charge in [0.05, 0.1) is 12.1 Å². The van der Waals surface area contributed by atoms with Gasteiger partial charge in [-0.05, 0) is 109 Å². The van der Waals surface area contributed by atoms with Crippen molar-refractivity contribution in [2.24, 2.45) is 0 Å². The van der Waals surface area contributed by atoms with Crippen LogP contribution in [0.5, 0.6) is 0 Å². The number of hydrogen-bond donors (Lipinski definition) is 9. The Balaban J connectivity index is -0.000000174. The summed E-state index contributed by atoms with van der Waals surface area (Å²) in [5.74, 6) is -3.43. The van der Waals surface area contributed by atoms with Crippen LogP contribution in [0.1, 0.15) is 115 Å². The first-order valence-corrected chi connectivity index (χ1v) is 22.2. The maximum Gasteiger partial charge on any atom is 2.00 e. The zero-order chi connectivity index (χ0) is 46.9. The molecule has 0 aromatic heterocycles. The van der Waals surface area contributed by atoms with Crippen molar-refractivity contribution in [1.29, 1.82) is 0 Å². The maximum atomic E-state index is 9.58. The van der Waals surface area contributed by atoms with Crippen molar-refractivity contribution >= 4 is 11.9 Å². The fourth-order valence-corrected chi connectivity index (χ4v) is 6.76. The van der Waals surface area contributed by atoms with Crippen LogP contribution in [-0.4, -0.2) is 127 Å². The number of aliphatic hydroxyl groups excluding tert-OH is 1. The summed E-state index contributed by atoms with van der Waals surface area (Å²) >= 11 is 0. The topological polar surface area (TPSA) is 413 Å². The molecule has 0 amide bonds. The summed E-state index contributed by atoms with van der Waals surface area (Å²) in [6.45, 7) is 35.7. The Kier molecular flexibility index (Phi) is 42.5. The van der Waals surface area contributed by atoms with Gasteiger partial charge >= 0.3 is 33.0 Å². The molecule has 0 aromatic carbocycles. The fraction of sp³-hybridized carbons (Fsp3) is 0.944. The molecule has 11 N–H and O–H groups in total. The number of halogens is 2. The zero-order valence-electron chi connectivity index (χ0n) is 38.3. The monoisotopic (exact) mass is 1030 g/mol. The Hall–Kier alpha value is -0.213. The normalized spacial score (nSPS) is 25.2. The molecule has 2 fully saturated rings. The Morgan fingerprint density at radius 1 is 0.500 bits per heavy atom. The van der Waals surface area contributed by atoms with Crippen LogP contribution >= 0.6 is 0 Å². The van der Waals surface area contributed by atoms with E-state index in [0.29, 0.717) is 24.2 Å². The molecule has 0 saturated carbocycles. The van der Waals surface area contributed by atoms with Gasteiger partial charge in [-0.25, -0.2) is 37.3 Å². The van der Waals surface area contributed by atoms with Gasteiger partial charge in [0.15, 0.2) is 0 Å². The molecular formula is C36H78Cl2N8Ni2O14. The van der Waals surface area contributed by atoms with Gasteiger partial charge in [-0.1, -0.05) is 0 Å². The van der Waals surface area contributed by atoms with Gasteiger partial charge in [0.1, 0.15) is 0 Å². The van der Waals surface area contributed by atoms with Crippen LogP contribution in [0, 0.1) is 20.5 Å². The van der Waals surface area contributed by atoms with E-state index in [9.17, 15) is 19.8 Å². The van der Waals surface area contributed by atoms with Crippen LogP contribution in [0.25, 0.3) is 0 Å². The number of aliphatic hydroxyl groups is 1. The Morgan fingerprint density at radius 3 is 0.806 bits per heavy atom. The van der Waals surface area contributed by atoms with E-state index in [1.54, 1.807) is 0 Å². The van der Waals surface area contributed by atoms with Gasteiger partial charge in [-0.15, -0.1) is 20.5 Å². The largest absolute Gasteiger partial charge is 2.00 e. The predicted molar refractivity (Wildman–Crippen MR) is 201 cm³/mol. The third-order valence-corrected chi connectivity index (χ3v) is 8.78. The molecule has 62 heavy (non-hydrogen) atoms. The molecule has 0 aromatic rings. The predicted octanol–water partition coefficient (Wildman–Crippen LogP) is -11.2. The molecule has 0 aliphatic carbocycles. The second kappa shape index (κ2) is 35.9. The third-order valence-electron chi connectivity index (χ3n) is 8.78. The van der Waals surface area contributed by atoms with Crippen LogP contribution < -0.4 is 90.0 Å². The van der Waals surface area contributed by atoms with E-state index in [2.05, 4.69) is 126 Å². The fourth-order valence-electron chi connectivity index (χ4n) is 6.76. The first-order chi connectivity index (χ1) is 26.4. The van der Waals surface area contributed by atoms with Gasteiger partial charge in [-0.3, -0.25) is 0 Å². The zero-order valence-corrected chi connectivity index (χ0v) is 41.8. The maximum absolute atomic E-state index is 9.58. The molecule has 2 rings (SSSR count). The van der Waals surface area contributed by atoms with Crippen molar-refractivity contribution in [2.75, 3.05) is 52.4 Å². The summed E-state index contributed by atoms with van der Waals surface area (Å²) in [7, 11) is -9.89. The van der Waals surface area contributed by atoms with Gasteiger partial charge in [0.2, 0.25) is 0 Å². The summed E-state index contributed by atoms with van der Waals surface area (Å²) in [5, 5.41) is 56.5. The number of carbonyl (C=O) groups excluding carboxylic acids is 2. The van der Waals surface area contributed by atoms with Gasteiger partial charge in [0.25, 0.3) is 0 Å². The number of rotatable bonds is 3. The van der Waals surface area contributed by atoms with E-state index < -0.39 is 44.9 Å². The van der Waals surface area contributed by atoms with E-state index in [4.69, 9.17) is 42.4 Å². The second-order valence-electron chi connectivity index (χ2n) is 17.6. The summed E-state index contributed by atoms with van der Waals surface area (Å²) < 4.78 is 67.9. The summed E-state index contributed by atoms with van der Waals surface area (Å²) in [4.78, 5) is 19.1. The van der Waals surface area contributed by atoms with E-state index in [0.717, 1.165) is 78.0 Å². The smallest absolute Gasteiger partial charge is 0.550 e. The Bertz CT molecular complexity index is 997. The number of nitrogens with one attached hydrogen (secondary N) is 8.